The molecular weight excluding hydrogens is 234 g/mol. The van der Waals surface area contributed by atoms with Gasteiger partial charge < -0.3 is 0 Å². The molecule has 0 unspecified atom stereocenters. The van der Waals surface area contributed by atoms with Crippen molar-refractivity contribution in [2.24, 2.45) is 5.41 Å². The van der Waals surface area contributed by atoms with E-state index in [1.165, 1.54) is 0 Å². The summed E-state index contributed by atoms with van der Waals surface area (Å²) in [7, 11) is 0. The standard InChI is InChI=1S/C14H18F2N2/c1-9(14(5-6-14)13(4,15)16)7-12-11(3)18-10(2)8-17-12/h7-8H,5-6H2,1-4H3/b9-7+. The topological polar surface area (TPSA) is 25.8 Å². The lowest BCUT2D eigenvalue weighted by molar-refractivity contribution is -0.0378. The molecule has 0 spiro atoms. The maximum absolute atomic E-state index is 13.6. The Morgan fingerprint density at radius 1 is 1.39 bits per heavy atom. The van der Waals surface area contributed by atoms with Gasteiger partial charge in [-0.15, -0.1) is 0 Å². The van der Waals surface area contributed by atoms with Gasteiger partial charge in [-0.3, -0.25) is 9.97 Å². The molecule has 1 aromatic heterocycles. The van der Waals surface area contributed by atoms with E-state index in [1.54, 1.807) is 19.2 Å². The molecule has 0 aromatic carbocycles. The van der Waals surface area contributed by atoms with Crippen molar-refractivity contribution in [1.29, 1.82) is 0 Å². The minimum Gasteiger partial charge on any atom is -0.255 e. The number of halogens is 2. The molecule has 1 aliphatic carbocycles. The van der Waals surface area contributed by atoms with E-state index in [4.69, 9.17) is 0 Å². The van der Waals surface area contributed by atoms with Crippen LogP contribution in [-0.2, 0) is 0 Å². The van der Waals surface area contributed by atoms with Gasteiger partial charge in [-0.25, -0.2) is 8.78 Å². The van der Waals surface area contributed by atoms with E-state index < -0.39 is 11.3 Å². The van der Waals surface area contributed by atoms with Gasteiger partial charge in [-0.05, 0) is 39.7 Å². The molecule has 1 fully saturated rings. The zero-order valence-corrected chi connectivity index (χ0v) is 11.2. The second-order valence-electron chi connectivity index (χ2n) is 5.28. The Morgan fingerprint density at radius 3 is 2.44 bits per heavy atom. The highest BCUT2D eigenvalue weighted by atomic mass is 19.3. The van der Waals surface area contributed by atoms with Crippen molar-refractivity contribution in [3.8, 4) is 0 Å². The van der Waals surface area contributed by atoms with E-state index in [2.05, 4.69) is 9.97 Å². The highest BCUT2D eigenvalue weighted by Crippen LogP contribution is 2.61. The Bertz CT molecular complexity index is 497. The van der Waals surface area contributed by atoms with Crippen LogP contribution in [0.5, 0.6) is 0 Å². The first-order chi connectivity index (χ1) is 8.26. The van der Waals surface area contributed by atoms with Crippen molar-refractivity contribution in [3.63, 3.8) is 0 Å². The monoisotopic (exact) mass is 252 g/mol. The SMILES string of the molecule is C/C(=C\c1ncc(C)nc1C)C1(C(C)(F)F)CC1. The van der Waals surface area contributed by atoms with Crippen LogP contribution < -0.4 is 0 Å². The summed E-state index contributed by atoms with van der Waals surface area (Å²) in [4.78, 5) is 8.55. The number of nitrogens with zero attached hydrogens (tertiary/aromatic N) is 2. The van der Waals surface area contributed by atoms with Crippen LogP contribution in [0.2, 0.25) is 0 Å². The third-order valence-electron chi connectivity index (χ3n) is 3.80. The first kappa shape index (κ1) is 13.1. The molecule has 18 heavy (non-hydrogen) atoms. The summed E-state index contributed by atoms with van der Waals surface area (Å²) in [6.07, 6.45) is 4.52. The van der Waals surface area contributed by atoms with Crippen LogP contribution in [0, 0.1) is 19.3 Å². The number of aromatic nitrogens is 2. The maximum Gasteiger partial charge on any atom is 0.254 e. The molecule has 0 amide bonds. The molecule has 2 rings (SSSR count). The molecule has 0 N–H and O–H groups in total. The fourth-order valence-corrected chi connectivity index (χ4v) is 2.40. The fraction of sp³-hybridized carbons (Fsp3) is 0.571. The lowest BCUT2D eigenvalue weighted by Crippen LogP contribution is -2.27. The fourth-order valence-electron chi connectivity index (χ4n) is 2.40. The summed E-state index contributed by atoms with van der Waals surface area (Å²) in [6.45, 7) is 6.49. The average molecular weight is 252 g/mol. The number of hydrogen-bond acceptors (Lipinski definition) is 2. The summed E-state index contributed by atoms with van der Waals surface area (Å²) < 4.78 is 27.2. The van der Waals surface area contributed by atoms with Gasteiger partial charge in [-0.2, -0.15) is 0 Å². The molecular formula is C14H18F2N2. The molecule has 0 bridgehead atoms. The molecule has 0 atom stereocenters. The van der Waals surface area contributed by atoms with Crippen molar-refractivity contribution < 1.29 is 8.78 Å². The van der Waals surface area contributed by atoms with E-state index in [0.29, 0.717) is 24.1 Å². The molecule has 0 radical (unpaired) electrons. The van der Waals surface area contributed by atoms with Crippen molar-refractivity contribution in [3.05, 3.63) is 28.9 Å². The predicted molar refractivity (Wildman–Crippen MR) is 67.4 cm³/mol. The van der Waals surface area contributed by atoms with Crippen LogP contribution in [0.3, 0.4) is 0 Å². The third kappa shape index (κ3) is 2.16. The van der Waals surface area contributed by atoms with Crippen LogP contribution in [-0.4, -0.2) is 15.9 Å². The van der Waals surface area contributed by atoms with Crippen LogP contribution in [0.1, 0.15) is 43.8 Å². The molecule has 0 saturated heterocycles. The lowest BCUT2D eigenvalue weighted by Gasteiger charge is -2.24. The van der Waals surface area contributed by atoms with Crippen LogP contribution >= 0.6 is 0 Å². The number of aryl methyl sites for hydroxylation is 2. The Hall–Kier alpha value is -1.32. The molecule has 1 heterocycles. The Kier molecular flexibility index (Phi) is 2.99. The van der Waals surface area contributed by atoms with E-state index in [0.717, 1.165) is 18.3 Å². The summed E-state index contributed by atoms with van der Waals surface area (Å²) in [6, 6.07) is 0. The van der Waals surface area contributed by atoms with Gasteiger partial charge in [0.05, 0.1) is 22.5 Å². The van der Waals surface area contributed by atoms with Gasteiger partial charge in [0.25, 0.3) is 5.92 Å². The summed E-state index contributed by atoms with van der Waals surface area (Å²) in [5.74, 6) is -2.67. The van der Waals surface area contributed by atoms with E-state index in [9.17, 15) is 8.78 Å². The molecule has 0 aliphatic heterocycles. The Balaban J connectivity index is 2.34. The van der Waals surface area contributed by atoms with Crippen LogP contribution in [0.15, 0.2) is 11.8 Å². The Labute approximate surface area is 106 Å². The summed E-state index contributed by atoms with van der Waals surface area (Å²) in [5.41, 5.74) is 2.06. The van der Waals surface area contributed by atoms with Gasteiger partial charge >= 0.3 is 0 Å². The molecule has 1 aliphatic rings. The highest BCUT2D eigenvalue weighted by Gasteiger charge is 2.59. The molecule has 1 aromatic rings. The predicted octanol–water partition coefficient (Wildman–Crippen LogP) is 3.93. The van der Waals surface area contributed by atoms with E-state index >= 15 is 0 Å². The summed E-state index contributed by atoms with van der Waals surface area (Å²) >= 11 is 0. The average Bonchev–Trinajstić information content (AvgIpc) is 3.01. The summed E-state index contributed by atoms with van der Waals surface area (Å²) in [5, 5.41) is 0. The molecule has 4 heteroatoms. The Morgan fingerprint density at radius 2 is 2.00 bits per heavy atom. The number of hydrogen-bond donors (Lipinski definition) is 0. The largest absolute Gasteiger partial charge is 0.255 e. The van der Waals surface area contributed by atoms with E-state index in [-0.39, 0.29) is 0 Å². The maximum atomic E-state index is 13.6. The number of rotatable bonds is 3. The van der Waals surface area contributed by atoms with Gasteiger partial charge in [0.2, 0.25) is 0 Å². The van der Waals surface area contributed by atoms with Crippen molar-refractivity contribution in [2.45, 2.75) is 46.5 Å². The normalized spacial score (nSPS) is 18.9. The van der Waals surface area contributed by atoms with Gasteiger partial charge in [-0.1, -0.05) is 5.57 Å². The van der Waals surface area contributed by atoms with Gasteiger partial charge in [0.15, 0.2) is 0 Å². The smallest absolute Gasteiger partial charge is 0.254 e. The quantitative estimate of drug-likeness (QED) is 0.814. The number of allylic oxidation sites excluding steroid dienone is 1. The molecule has 1 saturated carbocycles. The lowest BCUT2D eigenvalue weighted by atomic mass is 9.90. The van der Waals surface area contributed by atoms with Crippen molar-refractivity contribution >= 4 is 6.08 Å². The van der Waals surface area contributed by atoms with Crippen LogP contribution in [0.4, 0.5) is 8.78 Å². The van der Waals surface area contributed by atoms with E-state index in [1.807, 2.05) is 13.8 Å². The highest BCUT2D eigenvalue weighted by molar-refractivity contribution is 5.54. The zero-order valence-electron chi connectivity index (χ0n) is 11.2. The minimum atomic E-state index is -2.67. The second kappa shape index (κ2) is 4.11. The molecule has 98 valence electrons. The number of alkyl halides is 2. The first-order valence-electron chi connectivity index (χ1n) is 6.13. The van der Waals surface area contributed by atoms with Gasteiger partial charge in [0.1, 0.15) is 0 Å². The van der Waals surface area contributed by atoms with Crippen molar-refractivity contribution in [1.82, 2.24) is 9.97 Å². The van der Waals surface area contributed by atoms with Gasteiger partial charge in [0, 0.05) is 13.1 Å². The third-order valence-corrected chi connectivity index (χ3v) is 3.80. The minimum absolute atomic E-state index is 0.553. The first-order valence-corrected chi connectivity index (χ1v) is 6.13. The van der Waals surface area contributed by atoms with Crippen molar-refractivity contribution in [2.75, 3.05) is 0 Å². The second-order valence-corrected chi connectivity index (χ2v) is 5.28. The zero-order chi connectivity index (χ0) is 13.6. The van der Waals surface area contributed by atoms with Crippen LogP contribution in [0.25, 0.3) is 6.08 Å². The molecule has 2 nitrogen and oxygen atoms in total.